The van der Waals surface area contributed by atoms with Gasteiger partial charge in [-0.2, -0.15) is 0 Å². The number of rotatable bonds is 12. The summed E-state index contributed by atoms with van der Waals surface area (Å²) in [7, 11) is 1.49. The van der Waals surface area contributed by atoms with Crippen LogP contribution in [0.2, 0.25) is 0 Å². The summed E-state index contributed by atoms with van der Waals surface area (Å²) in [6.07, 6.45) is 1.31. The van der Waals surface area contributed by atoms with Gasteiger partial charge in [0.15, 0.2) is 6.10 Å². The molecule has 3 N–H and O–H groups in total. The van der Waals surface area contributed by atoms with E-state index >= 15 is 0 Å². The van der Waals surface area contributed by atoms with Crippen molar-refractivity contribution in [3.63, 3.8) is 0 Å². The van der Waals surface area contributed by atoms with Crippen molar-refractivity contribution in [2.24, 2.45) is 0 Å². The lowest BCUT2D eigenvalue weighted by molar-refractivity contribution is -0.131. The molecule has 1 amide bonds. The molecule has 2 aromatic rings. The zero-order chi connectivity index (χ0) is 22.5. The van der Waals surface area contributed by atoms with E-state index in [1.54, 1.807) is 48.5 Å². The molecular formula is C23H27NO7. The molecule has 2 rings (SSSR count). The topological polar surface area (TPSA) is 114 Å². The van der Waals surface area contributed by atoms with E-state index in [2.05, 4.69) is 5.32 Å². The van der Waals surface area contributed by atoms with E-state index in [1.807, 2.05) is 6.07 Å². The lowest BCUT2D eigenvalue weighted by Crippen LogP contribution is -2.28. The minimum absolute atomic E-state index is 0.0823. The van der Waals surface area contributed by atoms with Gasteiger partial charge < -0.3 is 24.4 Å². The first-order valence-corrected chi connectivity index (χ1v) is 9.82. The Hall–Kier alpha value is -3.36. The average molecular weight is 429 g/mol. The number of carboxylic acid groups (broad SMARTS) is 1. The molecule has 0 aromatic heterocycles. The van der Waals surface area contributed by atoms with Crippen LogP contribution in [0.1, 0.15) is 24.5 Å². The maximum absolute atomic E-state index is 12.6. The number of amides is 1. The second-order valence-corrected chi connectivity index (χ2v) is 6.52. The maximum atomic E-state index is 12.6. The lowest BCUT2D eigenvalue weighted by atomic mass is 9.99. The summed E-state index contributed by atoms with van der Waals surface area (Å²) in [5.74, 6) is -0.580. The number of nitrogens with one attached hydrogen (secondary N) is 1. The summed E-state index contributed by atoms with van der Waals surface area (Å²) in [4.78, 5) is 23.3. The normalized spacial score (nSPS) is 12.8. The minimum atomic E-state index is -1.04. The lowest BCUT2D eigenvalue weighted by Gasteiger charge is -2.27. The van der Waals surface area contributed by atoms with E-state index in [4.69, 9.17) is 24.4 Å². The SMILES string of the molecule is CO[C@H](CC/C=C/C(=O)O)[C@H](OC(=O)Nc1ccccc1)c1ccccc1OCCO. The Balaban J connectivity index is 2.25. The molecule has 0 aliphatic heterocycles. The quantitative estimate of drug-likeness (QED) is 0.440. The van der Waals surface area contributed by atoms with Crippen molar-refractivity contribution in [3.8, 4) is 5.75 Å². The number of carboxylic acids is 1. The van der Waals surface area contributed by atoms with Crippen LogP contribution in [0, 0.1) is 0 Å². The molecule has 8 heteroatoms. The summed E-state index contributed by atoms with van der Waals surface area (Å²) < 4.78 is 16.9. The predicted molar refractivity (Wildman–Crippen MR) is 115 cm³/mol. The third-order valence-electron chi connectivity index (χ3n) is 4.35. The Bertz CT molecular complexity index is 854. The monoisotopic (exact) mass is 429 g/mol. The predicted octanol–water partition coefficient (Wildman–Crippen LogP) is 3.78. The third kappa shape index (κ3) is 8.12. The number of allylic oxidation sites excluding steroid dienone is 1. The van der Waals surface area contributed by atoms with Gasteiger partial charge in [0.05, 0.1) is 12.7 Å². The molecule has 166 valence electrons. The molecule has 2 aromatic carbocycles. The fourth-order valence-corrected chi connectivity index (χ4v) is 2.96. The van der Waals surface area contributed by atoms with Crippen LogP contribution >= 0.6 is 0 Å². The molecule has 31 heavy (non-hydrogen) atoms. The summed E-state index contributed by atoms with van der Waals surface area (Å²) in [6, 6.07) is 15.9. The highest BCUT2D eigenvalue weighted by molar-refractivity contribution is 5.84. The zero-order valence-electron chi connectivity index (χ0n) is 17.3. The van der Waals surface area contributed by atoms with Crippen molar-refractivity contribution < 1.29 is 34.0 Å². The van der Waals surface area contributed by atoms with E-state index in [9.17, 15) is 9.59 Å². The van der Waals surface area contributed by atoms with Gasteiger partial charge in [-0.3, -0.25) is 5.32 Å². The van der Waals surface area contributed by atoms with E-state index in [0.717, 1.165) is 6.08 Å². The van der Waals surface area contributed by atoms with Gasteiger partial charge in [0, 0.05) is 24.4 Å². The summed E-state index contributed by atoms with van der Waals surface area (Å²) in [5, 5.41) is 20.6. The molecule has 0 spiro atoms. The van der Waals surface area contributed by atoms with E-state index < -0.39 is 24.3 Å². The van der Waals surface area contributed by atoms with Crippen LogP contribution in [0.3, 0.4) is 0 Å². The highest BCUT2D eigenvalue weighted by Gasteiger charge is 2.29. The number of aliphatic hydroxyl groups excluding tert-OH is 1. The summed E-state index contributed by atoms with van der Waals surface area (Å²) in [5.41, 5.74) is 1.16. The molecule has 0 aliphatic carbocycles. The highest BCUT2D eigenvalue weighted by Crippen LogP contribution is 2.33. The molecule has 0 fully saturated rings. The number of anilines is 1. The standard InChI is InChI=1S/C23H27NO7/c1-29-20(13-7-8-14-21(26)27)22(18-11-5-6-12-19(18)30-16-15-25)31-23(28)24-17-9-3-2-4-10-17/h2-6,8-12,14,20,22,25H,7,13,15-16H2,1H3,(H,24,28)(H,26,27)/b14-8+/t20-,22-/m1/s1. The molecule has 0 heterocycles. The number of para-hydroxylation sites is 2. The van der Waals surface area contributed by atoms with Gasteiger partial charge >= 0.3 is 12.1 Å². The first kappa shape index (κ1) is 23.9. The van der Waals surface area contributed by atoms with E-state index in [-0.39, 0.29) is 13.2 Å². The summed E-state index contributed by atoms with van der Waals surface area (Å²) >= 11 is 0. The van der Waals surface area contributed by atoms with Crippen molar-refractivity contribution in [1.82, 2.24) is 0 Å². The number of aliphatic hydroxyl groups is 1. The van der Waals surface area contributed by atoms with Gasteiger partial charge in [-0.15, -0.1) is 0 Å². The second-order valence-electron chi connectivity index (χ2n) is 6.52. The van der Waals surface area contributed by atoms with Gasteiger partial charge in [-0.25, -0.2) is 9.59 Å². The molecule has 2 atom stereocenters. The molecule has 0 saturated heterocycles. The van der Waals surface area contributed by atoms with Gasteiger partial charge in [-0.1, -0.05) is 42.5 Å². The van der Waals surface area contributed by atoms with Crippen molar-refractivity contribution in [1.29, 1.82) is 0 Å². The fraction of sp³-hybridized carbons (Fsp3) is 0.304. The summed E-state index contributed by atoms with van der Waals surface area (Å²) in [6.45, 7) is -0.0824. The first-order chi connectivity index (χ1) is 15.0. The molecule has 0 unspecified atom stereocenters. The number of hydrogen-bond donors (Lipinski definition) is 3. The van der Waals surface area contributed by atoms with Crippen molar-refractivity contribution in [2.45, 2.75) is 25.0 Å². The number of methoxy groups -OCH3 is 1. The molecule has 0 radical (unpaired) electrons. The molecular weight excluding hydrogens is 402 g/mol. The van der Waals surface area contributed by atoms with E-state index in [0.29, 0.717) is 29.8 Å². The van der Waals surface area contributed by atoms with Gasteiger partial charge in [0.25, 0.3) is 0 Å². The van der Waals surface area contributed by atoms with Crippen LogP contribution in [0.25, 0.3) is 0 Å². The Labute approximate surface area is 181 Å². The number of carbonyl (C=O) groups excluding carboxylic acids is 1. The van der Waals surface area contributed by atoms with Crippen molar-refractivity contribution in [2.75, 3.05) is 25.6 Å². The van der Waals surface area contributed by atoms with Crippen molar-refractivity contribution >= 4 is 17.7 Å². The molecule has 8 nitrogen and oxygen atoms in total. The Morgan fingerprint density at radius 1 is 1.10 bits per heavy atom. The second kappa shape index (κ2) is 13.0. The highest BCUT2D eigenvalue weighted by atomic mass is 16.6. The van der Waals surface area contributed by atoms with Gasteiger partial charge in [-0.05, 0) is 31.0 Å². The number of aliphatic carboxylic acids is 1. The number of carbonyl (C=O) groups is 2. The fourth-order valence-electron chi connectivity index (χ4n) is 2.96. The first-order valence-electron chi connectivity index (χ1n) is 9.82. The molecule has 0 bridgehead atoms. The molecule has 0 aliphatic rings. The van der Waals surface area contributed by atoms with Crippen molar-refractivity contribution in [3.05, 3.63) is 72.3 Å². The minimum Gasteiger partial charge on any atom is -0.491 e. The number of benzene rings is 2. The van der Waals surface area contributed by atoms with Crippen LogP contribution in [-0.4, -0.2) is 48.7 Å². The largest absolute Gasteiger partial charge is 0.491 e. The van der Waals surface area contributed by atoms with Crippen LogP contribution in [-0.2, 0) is 14.3 Å². The van der Waals surface area contributed by atoms with E-state index in [1.165, 1.54) is 13.2 Å². The van der Waals surface area contributed by atoms with Crippen LogP contribution in [0.15, 0.2) is 66.7 Å². The van der Waals surface area contributed by atoms with Crippen LogP contribution in [0.4, 0.5) is 10.5 Å². The Kier molecular flexibility index (Phi) is 10.1. The van der Waals surface area contributed by atoms with Gasteiger partial charge in [0.2, 0.25) is 0 Å². The third-order valence-corrected chi connectivity index (χ3v) is 4.35. The Morgan fingerprint density at radius 3 is 2.48 bits per heavy atom. The average Bonchev–Trinajstić information content (AvgIpc) is 2.77. The number of hydrogen-bond acceptors (Lipinski definition) is 6. The number of ether oxygens (including phenoxy) is 3. The van der Waals surface area contributed by atoms with Gasteiger partial charge in [0.1, 0.15) is 12.4 Å². The zero-order valence-corrected chi connectivity index (χ0v) is 17.3. The van der Waals surface area contributed by atoms with Crippen LogP contribution in [0.5, 0.6) is 5.75 Å². The van der Waals surface area contributed by atoms with Crippen LogP contribution < -0.4 is 10.1 Å². The Morgan fingerprint density at radius 2 is 1.81 bits per heavy atom. The smallest absolute Gasteiger partial charge is 0.412 e. The molecule has 0 saturated carbocycles. The maximum Gasteiger partial charge on any atom is 0.412 e.